The summed E-state index contributed by atoms with van der Waals surface area (Å²) >= 11 is 0. The molecule has 0 aliphatic carbocycles. The third-order valence-corrected chi connectivity index (χ3v) is 5.59. The van der Waals surface area contributed by atoms with E-state index in [9.17, 15) is 5.11 Å². The molecule has 0 radical (unpaired) electrons. The Morgan fingerprint density at radius 1 is 0.800 bits per heavy atom. The highest BCUT2D eigenvalue weighted by Gasteiger charge is 2.37. The summed E-state index contributed by atoms with van der Waals surface area (Å²) in [7, 11) is 0. The maximum atomic E-state index is 9.36. The van der Waals surface area contributed by atoms with Crippen LogP contribution in [0.1, 0.15) is 34.4 Å². The fraction of sp³-hybridized carbons (Fsp3) is 0.192. The molecule has 0 fully saturated rings. The molecule has 0 aliphatic heterocycles. The lowest BCUT2D eigenvalue weighted by Gasteiger charge is -2.37. The molecule has 0 amide bonds. The minimum atomic E-state index is -0.600. The largest absolute Gasteiger partial charge is 0.396 e. The predicted octanol–water partition coefficient (Wildman–Crippen LogP) is 5.05. The van der Waals surface area contributed by atoms with Crippen molar-refractivity contribution in [2.45, 2.75) is 25.3 Å². The third kappa shape index (κ3) is 3.74. The number of nitrogens with zero attached hydrogens (tertiary/aromatic N) is 1. The summed E-state index contributed by atoms with van der Waals surface area (Å²) in [6, 6.07) is 31.5. The van der Waals surface area contributed by atoms with Gasteiger partial charge in [0.25, 0.3) is 0 Å². The first-order valence-electron chi connectivity index (χ1n) is 10.3. The van der Waals surface area contributed by atoms with Gasteiger partial charge in [-0.3, -0.25) is 5.10 Å². The second kappa shape index (κ2) is 8.97. The fourth-order valence-electron chi connectivity index (χ4n) is 4.09. The van der Waals surface area contributed by atoms with Crippen LogP contribution in [-0.4, -0.2) is 21.9 Å². The number of hydrogen-bond acceptors (Lipinski definition) is 3. The lowest BCUT2D eigenvalue weighted by molar-refractivity contribution is 0.288. The number of nitrogens with one attached hydrogen (secondary N) is 2. The lowest BCUT2D eigenvalue weighted by atomic mass is 9.77. The molecular formula is C26H27N3O. The third-order valence-electron chi connectivity index (χ3n) is 5.59. The van der Waals surface area contributed by atoms with E-state index in [1.165, 1.54) is 0 Å². The van der Waals surface area contributed by atoms with Crippen LogP contribution in [0.15, 0.2) is 91.0 Å². The van der Waals surface area contributed by atoms with Gasteiger partial charge in [-0.05, 0) is 36.5 Å². The molecule has 3 aromatic carbocycles. The first kappa shape index (κ1) is 19.9. The average Bonchev–Trinajstić information content (AvgIpc) is 3.16. The van der Waals surface area contributed by atoms with Crippen LogP contribution in [0.25, 0.3) is 0 Å². The van der Waals surface area contributed by atoms with Crippen molar-refractivity contribution in [3.8, 4) is 0 Å². The van der Waals surface area contributed by atoms with E-state index in [1.807, 2.05) is 25.1 Å². The number of hydrogen-bond donors (Lipinski definition) is 3. The Morgan fingerprint density at radius 2 is 1.27 bits per heavy atom. The SMILES string of the molecule is Cc1n[nH]c(NC(c2ccccc2)(c2ccccc2)c2ccccc2)c1CCCO. The highest BCUT2D eigenvalue weighted by molar-refractivity contribution is 5.60. The number of aryl methyl sites for hydroxylation is 1. The zero-order chi connectivity index (χ0) is 20.8. The Balaban J connectivity index is 1.95. The van der Waals surface area contributed by atoms with Gasteiger partial charge >= 0.3 is 0 Å². The smallest absolute Gasteiger partial charge is 0.126 e. The predicted molar refractivity (Wildman–Crippen MR) is 122 cm³/mol. The van der Waals surface area contributed by atoms with Crippen LogP contribution < -0.4 is 5.32 Å². The van der Waals surface area contributed by atoms with E-state index < -0.39 is 5.54 Å². The van der Waals surface area contributed by atoms with Crippen LogP contribution in [0, 0.1) is 6.92 Å². The summed E-state index contributed by atoms with van der Waals surface area (Å²) in [4.78, 5) is 0. The molecule has 3 N–H and O–H groups in total. The number of aromatic amines is 1. The number of benzene rings is 3. The van der Waals surface area contributed by atoms with E-state index in [0.717, 1.165) is 40.2 Å². The minimum absolute atomic E-state index is 0.158. The van der Waals surface area contributed by atoms with Gasteiger partial charge in [-0.1, -0.05) is 91.0 Å². The van der Waals surface area contributed by atoms with Crippen LogP contribution in [0.5, 0.6) is 0 Å². The Kier molecular flexibility index (Phi) is 5.96. The molecule has 152 valence electrons. The van der Waals surface area contributed by atoms with Gasteiger partial charge in [0.05, 0.1) is 5.69 Å². The summed E-state index contributed by atoms with van der Waals surface area (Å²) in [5, 5.41) is 20.9. The highest BCUT2D eigenvalue weighted by atomic mass is 16.2. The molecule has 1 heterocycles. The Morgan fingerprint density at radius 3 is 1.70 bits per heavy atom. The van der Waals surface area contributed by atoms with Gasteiger partial charge in [-0.2, -0.15) is 5.10 Å². The van der Waals surface area contributed by atoms with E-state index in [4.69, 9.17) is 0 Å². The lowest BCUT2D eigenvalue weighted by Crippen LogP contribution is -2.38. The van der Waals surface area contributed by atoms with Crippen LogP contribution in [-0.2, 0) is 12.0 Å². The molecular weight excluding hydrogens is 370 g/mol. The van der Waals surface area contributed by atoms with E-state index in [2.05, 4.69) is 88.3 Å². The zero-order valence-corrected chi connectivity index (χ0v) is 17.2. The summed E-state index contributed by atoms with van der Waals surface area (Å²) in [6.07, 6.45) is 1.46. The van der Waals surface area contributed by atoms with Gasteiger partial charge < -0.3 is 10.4 Å². The summed E-state index contributed by atoms with van der Waals surface area (Å²) in [5.74, 6) is 0.887. The van der Waals surface area contributed by atoms with Crippen molar-refractivity contribution in [1.29, 1.82) is 0 Å². The van der Waals surface area contributed by atoms with Crippen molar-refractivity contribution >= 4 is 5.82 Å². The normalized spacial score (nSPS) is 11.4. The second-order valence-electron chi connectivity index (χ2n) is 7.46. The van der Waals surface area contributed by atoms with Crippen molar-refractivity contribution < 1.29 is 5.11 Å². The number of rotatable bonds is 8. The van der Waals surface area contributed by atoms with Crippen molar-refractivity contribution in [2.24, 2.45) is 0 Å². The van der Waals surface area contributed by atoms with Gasteiger partial charge in [-0.15, -0.1) is 0 Å². The van der Waals surface area contributed by atoms with E-state index in [-0.39, 0.29) is 6.61 Å². The molecule has 0 saturated carbocycles. The maximum absolute atomic E-state index is 9.36. The van der Waals surface area contributed by atoms with Gasteiger partial charge in [0.15, 0.2) is 0 Å². The number of aliphatic hydroxyl groups is 1. The standard InChI is InChI=1S/C26H27N3O/c1-20-24(18-11-19-30)25(29-28-20)27-26(21-12-5-2-6-13-21,22-14-7-3-8-15-22)23-16-9-4-10-17-23/h2-10,12-17,30H,11,18-19H2,1H3,(H2,27,28,29). The molecule has 0 unspecified atom stereocenters. The van der Waals surface area contributed by atoms with Crippen LogP contribution in [0.2, 0.25) is 0 Å². The molecule has 0 saturated heterocycles. The van der Waals surface area contributed by atoms with Gasteiger partial charge in [0.1, 0.15) is 11.4 Å². The topological polar surface area (TPSA) is 60.9 Å². The molecule has 0 aliphatic rings. The van der Waals surface area contributed by atoms with Crippen molar-refractivity contribution in [3.63, 3.8) is 0 Å². The zero-order valence-electron chi connectivity index (χ0n) is 17.2. The monoisotopic (exact) mass is 397 g/mol. The minimum Gasteiger partial charge on any atom is -0.396 e. The van der Waals surface area contributed by atoms with E-state index in [1.54, 1.807) is 0 Å². The summed E-state index contributed by atoms with van der Waals surface area (Å²) in [6.45, 7) is 2.16. The summed E-state index contributed by atoms with van der Waals surface area (Å²) < 4.78 is 0. The number of aliphatic hydroxyl groups excluding tert-OH is 1. The van der Waals surface area contributed by atoms with E-state index >= 15 is 0 Å². The highest BCUT2D eigenvalue weighted by Crippen LogP contribution is 2.40. The Bertz CT molecular complexity index is 963. The number of anilines is 1. The molecule has 1 aromatic heterocycles. The van der Waals surface area contributed by atoms with Crippen molar-refractivity contribution in [3.05, 3.63) is 119 Å². The van der Waals surface area contributed by atoms with Crippen LogP contribution >= 0.6 is 0 Å². The summed E-state index contributed by atoms with van der Waals surface area (Å²) in [5.41, 5.74) is 4.88. The van der Waals surface area contributed by atoms with Crippen LogP contribution in [0.3, 0.4) is 0 Å². The average molecular weight is 398 g/mol. The molecule has 30 heavy (non-hydrogen) atoms. The second-order valence-corrected chi connectivity index (χ2v) is 7.46. The quantitative estimate of drug-likeness (QED) is 0.365. The molecule has 0 spiro atoms. The maximum Gasteiger partial charge on any atom is 0.126 e. The number of aromatic nitrogens is 2. The molecule has 0 atom stereocenters. The van der Waals surface area contributed by atoms with Gasteiger partial charge in [-0.25, -0.2) is 0 Å². The molecule has 4 aromatic rings. The molecule has 0 bridgehead atoms. The Hall–Kier alpha value is -3.37. The first-order valence-corrected chi connectivity index (χ1v) is 10.3. The van der Waals surface area contributed by atoms with Gasteiger partial charge in [0, 0.05) is 12.2 Å². The number of H-pyrrole nitrogens is 1. The first-order chi connectivity index (χ1) is 14.8. The van der Waals surface area contributed by atoms with Crippen molar-refractivity contribution in [2.75, 3.05) is 11.9 Å². The fourth-order valence-corrected chi connectivity index (χ4v) is 4.09. The van der Waals surface area contributed by atoms with Crippen molar-refractivity contribution in [1.82, 2.24) is 10.2 Å². The van der Waals surface area contributed by atoms with Crippen LogP contribution in [0.4, 0.5) is 5.82 Å². The van der Waals surface area contributed by atoms with Gasteiger partial charge in [0.2, 0.25) is 0 Å². The molecule has 4 heteroatoms. The van der Waals surface area contributed by atoms with E-state index in [0.29, 0.717) is 6.42 Å². The Labute approximate surface area is 177 Å². The molecule has 4 nitrogen and oxygen atoms in total. The molecule has 4 rings (SSSR count).